The van der Waals surface area contributed by atoms with Crippen molar-refractivity contribution < 1.29 is 0 Å². The second kappa shape index (κ2) is 40.3. The maximum absolute atomic E-state index is 3.61. The van der Waals surface area contributed by atoms with Gasteiger partial charge in [-0.05, 0) is 248 Å². The fourth-order valence-electron chi connectivity index (χ4n) is 13.5. The molecule has 10 aliphatic carbocycles. The van der Waals surface area contributed by atoms with Crippen molar-refractivity contribution >= 4 is 17.4 Å². The van der Waals surface area contributed by atoms with Crippen LogP contribution in [0.5, 0.6) is 0 Å². The number of hydrogen-bond acceptors (Lipinski definition) is 9. The molecule has 1 saturated heterocycles. The first-order valence-corrected chi connectivity index (χ1v) is 29.7. The normalized spacial score (nSPS) is 28.6. The molecule has 0 amide bonds. The SMILES string of the molecule is C.C.C.C.C.C.C.C.CN1CCSC1.CNC1(C)CC1.CNC1(C)CCC1.CNC1(C)CCCC1.CNC1(C)CCCCC1.CNC12CC3CC(CC(C3)C1)C2.CNC12CCCC1CCC2.CNc1c(C)cccc1C. The van der Waals surface area contributed by atoms with Gasteiger partial charge in [0.2, 0.25) is 0 Å². The number of hydrogen-bond donors (Lipinski definition) is 7. The van der Waals surface area contributed by atoms with Crippen LogP contribution in [0, 0.1) is 37.5 Å². The van der Waals surface area contributed by atoms with E-state index in [1.54, 1.807) is 19.3 Å². The molecule has 11 aliphatic rings. The summed E-state index contributed by atoms with van der Waals surface area (Å²) in [7, 11) is 16.6. The van der Waals surface area contributed by atoms with Crippen LogP contribution in [-0.4, -0.2) is 113 Å². The first-order chi connectivity index (χ1) is 32.4. The standard InChI is InChI=1S/C11H19N.C9H17N.C9H13N.C8H17N.C7H15N.C6H13N.C5H11N.C4H9NS.8CH4/c1-12-11-5-8-2-9(6-11)4-10(3-8)7-11;1-10-9-6-2-4-8(9)5-3-7-9;1-7-5-4-6-8(2)9(7)10-3;1-8(9-2)6-4-3-5-7-8;1-7(8-2)5-3-4-6-7;1-6(7-2)4-3-5-6;1-5(6-2)3-4-5;1-5-2-3-6-4-5;;;;;;;;/h8-10,12H,2-7H2,1H3;8,10H,2-7H2,1H3;4-6,10H,1-3H3;9H,3-7H2,1-2H3;8H,3-6H2,1-2H3;7H,3-5H2,1-2H3;6H,3-4H2,1-2H3;2-4H2,1H3;8*1H4. The van der Waals surface area contributed by atoms with E-state index in [-0.39, 0.29) is 59.4 Å². The number of para-hydroxylation sites is 1. The number of nitrogens with zero attached hydrogens (tertiary/aromatic N) is 1. The van der Waals surface area contributed by atoms with Gasteiger partial charge in [0, 0.05) is 64.1 Å². The number of thioether (sulfide) groups is 1. The van der Waals surface area contributed by atoms with Gasteiger partial charge in [0.25, 0.3) is 0 Å². The van der Waals surface area contributed by atoms with E-state index in [0.29, 0.717) is 33.2 Å². The van der Waals surface area contributed by atoms with Crippen molar-refractivity contribution in [1.29, 1.82) is 0 Å². The maximum atomic E-state index is 3.61. The monoisotopic (exact) mass is 1100 g/mol. The number of benzene rings is 1. The number of fused-ring (bicyclic) bond motifs is 1. The lowest BCUT2D eigenvalue weighted by Crippen LogP contribution is -2.57. The van der Waals surface area contributed by atoms with Gasteiger partial charge in [-0.1, -0.05) is 123 Å². The number of aryl methyl sites for hydroxylation is 2. The molecule has 460 valence electrons. The Morgan fingerprint density at radius 1 is 0.461 bits per heavy atom. The first kappa shape index (κ1) is 83.9. The van der Waals surface area contributed by atoms with Crippen molar-refractivity contribution in [2.24, 2.45) is 23.7 Å². The van der Waals surface area contributed by atoms with Crippen LogP contribution >= 0.6 is 11.8 Å². The molecule has 0 radical (unpaired) electrons. The summed E-state index contributed by atoms with van der Waals surface area (Å²) in [5.74, 6) is 6.85. The zero-order chi connectivity index (χ0) is 49.9. The van der Waals surface area contributed by atoms with Gasteiger partial charge in [0.05, 0.1) is 0 Å². The predicted molar refractivity (Wildman–Crippen MR) is 357 cm³/mol. The summed E-state index contributed by atoms with van der Waals surface area (Å²) in [4.78, 5) is 2.32. The van der Waals surface area contributed by atoms with Crippen LogP contribution < -0.4 is 37.2 Å². The lowest BCUT2D eigenvalue weighted by atomic mass is 9.53. The summed E-state index contributed by atoms with van der Waals surface area (Å²) < 4.78 is 0. The van der Waals surface area contributed by atoms with Gasteiger partial charge in [0.15, 0.2) is 0 Å². The van der Waals surface area contributed by atoms with E-state index < -0.39 is 0 Å². The Bertz CT molecular complexity index is 1450. The number of nitrogens with one attached hydrogen (secondary N) is 7. The molecule has 4 bridgehead atoms. The van der Waals surface area contributed by atoms with Crippen LogP contribution in [0.4, 0.5) is 5.69 Å². The van der Waals surface area contributed by atoms with Gasteiger partial charge in [-0.2, -0.15) is 0 Å². The average Bonchev–Trinajstić information content (AvgIpc) is 3.82. The summed E-state index contributed by atoms with van der Waals surface area (Å²) in [6, 6.07) is 6.29. The molecule has 1 heterocycles. The molecule has 11 fully saturated rings. The molecule has 9 heteroatoms. The minimum atomic E-state index is 0. The van der Waals surface area contributed by atoms with Crippen LogP contribution in [0.1, 0.15) is 265 Å². The largest absolute Gasteiger partial charge is 0.388 e. The van der Waals surface area contributed by atoms with Crippen molar-refractivity contribution in [2.45, 2.75) is 301 Å². The van der Waals surface area contributed by atoms with Gasteiger partial charge < -0.3 is 37.2 Å². The molecule has 1 aromatic carbocycles. The smallest absolute Gasteiger partial charge is 0.0442 e. The Labute approximate surface area is 485 Å². The summed E-state index contributed by atoms with van der Waals surface area (Å²) in [5.41, 5.74) is 7.07. The maximum Gasteiger partial charge on any atom is 0.0442 e. The second-order valence-electron chi connectivity index (χ2n) is 24.8. The summed E-state index contributed by atoms with van der Waals surface area (Å²) in [6.45, 7) is 14.7. The van der Waals surface area contributed by atoms with Crippen molar-refractivity contribution in [3.63, 3.8) is 0 Å². The van der Waals surface area contributed by atoms with Crippen molar-refractivity contribution in [2.75, 3.05) is 79.9 Å². The van der Waals surface area contributed by atoms with E-state index in [1.807, 2.05) is 32.9 Å². The van der Waals surface area contributed by atoms with E-state index in [1.165, 1.54) is 183 Å². The van der Waals surface area contributed by atoms with Crippen molar-refractivity contribution in [3.8, 4) is 0 Å². The first-order valence-electron chi connectivity index (χ1n) is 28.5. The topological polar surface area (TPSA) is 87.5 Å². The lowest BCUT2D eigenvalue weighted by Gasteiger charge is -2.56. The Morgan fingerprint density at radius 3 is 1.04 bits per heavy atom. The molecule has 0 aromatic heterocycles. The third kappa shape index (κ3) is 26.8. The highest BCUT2D eigenvalue weighted by molar-refractivity contribution is 7.99. The molecule has 1 aliphatic heterocycles. The van der Waals surface area contributed by atoms with Gasteiger partial charge >= 0.3 is 0 Å². The molecule has 0 atom stereocenters. The third-order valence-electron chi connectivity index (χ3n) is 19.4. The highest BCUT2D eigenvalue weighted by Gasteiger charge is 2.50. The molecular formula is C67H146N8S. The summed E-state index contributed by atoms with van der Waals surface area (Å²) >= 11 is 2.01. The third-order valence-corrected chi connectivity index (χ3v) is 20.5. The van der Waals surface area contributed by atoms with Gasteiger partial charge in [0.1, 0.15) is 0 Å². The van der Waals surface area contributed by atoms with Crippen LogP contribution in [0.3, 0.4) is 0 Å². The quantitative estimate of drug-likeness (QED) is 0.144. The lowest BCUT2D eigenvalue weighted by molar-refractivity contribution is -0.0158. The van der Waals surface area contributed by atoms with Crippen LogP contribution in [0.25, 0.3) is 0 Å². The molecule has 0 unspecified atom stereocenters. The summed E-state index contributed by atoms with van der Waals surface area (Å²) in [6.07, 6.45) is 37.3. The molecule has 8 nitrogen and oxygen atoms in total. The highest BCUT2D eigenvalue weighted by Crippen LogP contribution is 2.55. The molecule has 10 saturated carbocycles. The van der Waals surface area contributed by atoms with Crippen molar-refractivity contribution in [3.05, 3.63) is 29.3 Å². The molecular weight excluding hydrogens is 949 g/mol. The van der Waals surface area contributed by atoms with Gasteiger partial charge in [-0.25, -0.2) is 0 Å². The van der Waals surface area contributed by atoms with E-state index in [0.717, 1.165) is 23.7 Å². The molecule has 12 rings (SSSR count). The Morgan fingerprint density at radius 2 is 0.829 bits per heavy atom. The highest BCUT2D eigenvalue weighted by atomic mass is 32.2. The molecule has 0 spiro atoms. The Balaban J connectivity index is -0.000000251. The second-order valence-corrected chi connectivity index (χ2v) is 25.9. The predicted octanol–water partition coefficient (Wildman–Crippen LogP) is 17.5. The van der Waals surface area contributed by atoms with Crippen LogP contribution in [0.2, 0.25) is 0 Å². The Hall–Kier alpha value is -0.910. The average molecular weight is 1100 g/mol. The van der Waals surface area contributed by atoms with Crippen LogP contribution in [0.15, 0.2) is 18.2 Å². The van der Waals surface area contributed by atoms with E-state index in [2.05, 4.69) is 137 Å². The van der Waals surface area contributed by atoms with Crippen molar-refractivity contribution in [1.82, 2.24) is 36.8 Å². The number of anilines is 1. The van der Waals surface area contributed by atoms with E-state index in [4.69, 9.17) is 0 Å². The van der Waals surface area contributed by atoms with Crippen LogP contribution in [-0.2, 0) is 0 Å². The zero-order valence-corrected chi connectivity index (χ0v) is 48.2. The van der Waals surface area contributed by atoms with Gasteiger partial charge in [-0.15, -0.1) is 11.8 Å². The van der Waals surface area contributed by atoms with Gasteiger partial charge in [-0.3, -0.25) is 4.90 Å². The minimum absolute atomic E-state index is 0. The fraction of sp³-hybridized carbons (Fsp3) is 0.910. The molecule has 1 aromatic rings. The Kier molecular flexibility index (Phi) is 44.5. The summed E-state index contributed by atoms with van der Waals surface area (Å²) in [5, 5.41) is 23.5. The molecule has 76 heavy (non-hydrogen) atoms. The zero-order valence-electron chi connectivity index (χ0n) is 47.4. The van der Waals surface area contributed by atoms with E-state index in [9.17, 15) is 0 Å². The molecule has 7 N–H and O–H groups in total. The van der Waals surface area contributed by atoms with E-state index >= 15 is 0 Å². The fourth-order valence-corrected chi connectivity index (χ4v) is 14.5. The minimum Gasteiger partial charge on any atom is -0.388 e. The number of rotatable bonds is 7.